The number of fused-ring (bicyclic) bond motifs is 3. The molecule has 0 aromatic heterocycles. The van der Waals surface area contributed by atoms with Gasteiger partial charge in [0.1, 0.15) is 6.04 Å². The first-order valence-corrected chi connectivity index (χ1v) is 6.73. The lowest BCUT2D eigenvalue weighted by molar-refractivity contribution is -0.121. The average molecular weight is 289 g/mol. The quantitative estimate of drug-likeness (QED) is 0.777. The summed E-state index contributed by atoms with van der Waals surface area (Å²) in [5, 5.41) is 2.81. The van der Waals surface area contributed by atoms with Crippen LogP contribution < -0.4 is 16.0 Å². The molecule has 1 saturated heterocycles. The Labute approximate surface area is 121 Å². The van der Waals surface area contributed by atoms with Crippen molar-refractivity contribution in [2.45, 2.75) is 18.9 Å². The van der Waals surface area contributed by atoms with Gasteiger partial charge in [-0.05, 0) is 31.0 Å². The minimum Gasteiger partial charge on any atom is -0.452 e. The molecule has 2 aliphatic rings. The van der Waals surface area contributed by atoms with Crippen molar-refractivity contribution in [2.75, 3.05) is 23.4 Å². The summed E-state index contributed by atoms with van der Waals surface area (Å²) in [4.78, 5) is 36.5. The van der Waals surface area contributed by atoms with E-state index in [0.29, 0.717) is 5.69 Å². The van der Waals surface area contributed by atoms with Gasteiger partial charge in [0.15, 0.2) is 6.61 Å². The van der Waals surface area contributed by atoms with E-state index >= 15 is 0 Å². The van der Waals surface area contributed by atoms with Gasteiger partial charge in [-0.25, -0.2) is 4.79 Å². The number of ether oxygens (including phenoxy) is 1. The third-order valence-electron chi connectivity index (χ3n) is 3.70. The van der Waals surface area contributed by atoms with Crippen molar-refractivity contribution in [3.63, 3.8) is 0 Å². The van der Waals surface area contributed by atoms with E-state index < -0.39 is 18.5 Å². The summed E-state index contributed by atoms with van der Waals surface area (Å²) in [5.41, 5.74) is 6.69. The maximum atomic E-state index is 12.0. The zero-order valence-corrected chi connectivity index (χ0v) is 11.3. The molecule has 0 saturated carbocycles. The van der Waals surface area contributed by atoms with Crippen LogP contribution in [-0.4, -0.2) is 37.0 Å². The summed E-state index contributed by atoms with van der Waals surface area (Å²) in [6.45, 7) is 0.368. The number of benzene rings is 1. The first-order chi connectivity index (χ1) is 10.1. The summed E-state index contributed by atoms with van der Waals surface area (Å²) in [6.07, 6.45) is 1.81. The Morgan fingerprint density at radius 3 is 3.00 bits per heavy atom. The van der Waals surface area contributed by atoms with E-state index in [0.717, 1.165) is 25.1 Å². The lowest BCUT2D eigenvalue weighted by Crippen LogP contribution is -2.43. The number of nitrogens with one attached hydrogen (secondary N) is 1. The monoisotopic (exact) mass is 289 g/mol. The van der Waals surface area contributed by atoms with Crippen LogP contribution in [0.3, 0.4) is 0 Å². The molecule has 3 N–H and O–H groups in total. The van der Waals surface area contributed by atoms with Gasteiger partial charge in [0.25, 0.3) is 5.91 Å². The second-order valence-corrected chi connectivity index (χ2v) is 5.12. The highest BCUT2D eigenvalue weighted by Crippen LogP contribution is 2.37. The molecule has 2 amide bonds. The van der Waals surface area contributed by atoms with E-state index in [1.54, 1.807) is 18.2 Å². The molecular weight excluding hydrogens is 274 g/mol. The van der Waals surface area contributed by atoms with Crippen molar-refractivity contribution in [1.29, 1.82) is 0 Å². The number of primary amides is 1. The highest BCUT2D eigenvalue weighted by atomic mass is 16.5. The molecule has 7 nitrogen and oxygen atoms in total. The molecule has 2 aliphatic heterocycles. The smallest absolute Gasteiger partial charge is 0.338 e. The van der Waals surface area contributed by atoms with Crippen LogP contribution in [0.4, 0.5) is 11.4 Å². The van der Waals surface area contributed by atoms with Crippen LogP contribution in [0.2, 0.25) is 0 Å². The van der Waals surface area contributed by atoms with E-state index in [4.69, 9.17) is 10.5 Å². The number of hydrogen-bond acceptors (Lipinski definition) is 5. The van der Waals surface area contributed by atoms with Crippen LogP contribution >= 0.6 is 0 Å². The largest absolute Gasteiger partial charge is 0.452 e. The van der Waals surface area contributed by atoms with Gasteiger partial charge >= 0.3 is 5.97 Å². The zero-order valence-electron chi connectivity index (χ0n) is 11.3. The Morgan fingerprint density at radius 2 is 2.24 bits per heavy atom. The van der Waals surface area contributed by atoms with Crippen LogP contribution in [-0.2, 0) is 14.3 Å². The molecule has 0 aliphatic carbocycles. The predicted octanol–water partition coefficient (Wildman–Crippen LogP) is 0.250. The van der Waals surface area contributed by atoms with E-state index in [1.807, 2.05) is 4.90 Å². The van der Waals surface area contributed by atoms with Crippen molar-refractivity contribution in [3.05, 3.63) is 23.8 Å². The number of esters is 1. The Morgan fingerprint density at radius 1 is 1.43 bits per heavy atom. The predicted molar refractivity (Wildman–Crippen MR) is 74.9 cm³/mol. The van der Waals surface area contributed by atoms with Gasteiger partial charge in [0, 0.05) is 6.54 Å². The van der Waals surface area contributed by atoms with Gasteiger partial charge in [-0.15, -0.1) is 0 Å². The second kappa shape index (κ2) is 5.08. The maximum absolute atomic E-state index is 12.0. The summed E-state index contributed by atoms with van der Waals surface area (Å²) < 4.78 is 4.75. The zero-order chi connectivity index (χ0) is 15.0. The highest BCUT2D eigenvalue weighted by Gasteiger charge is 2.36. The van der Waals surface area contributed by atoms with Crippen LogP contribution in [0.25, 0.3) is 0 Å². The normalized spacial score (nSPS) is 19.5. The van der Waals surface area contributed by atoms with E-state index in [2.05, 4.69) is 5.32 Å². The Bertz CT molecular complexity index is 629. The van der Waals surface area contributed by atoms with Crippen LogP contribution in [0.1, 0.15) is 23.2 Å². The molecule has 0 radical (unpaired) electrons. The fraction of sp³-hybridized carbons (Fsp3) is 0.357. The number of nitrogens with zero attached hydrogens (tertiary/aromatic N) is 1. The van der Waals surface area contributed by atoms with Crippen LogP contribution in [0, 0.1) is 0 Å². The fourth-order valence-electron chi connectivity index (χ4n) is 2.78. The molecule has 1 aromatic rings. The molecule has 7 heteroatoms. The minimum atomic E-state index is -0.713. The van der Waals surface area contributed by atoms with E-state index in [-0.39, 0.29) is 17.5 Å². The SMILES string of the molecule is NC(=O)COC(=O)c1ccc2c(c1)NC(=O)[C@@H]1CCCN21. The molecule has 0 spiro atoms. The fourth-order valence-corrected chi connectivity index (χ4v) is 2.78. The van der Waals surface area contributed by atoms with Gasteiger partial charge in [0.2, 0.25) is 5.91 Å². The molecule has 21 heavy (non-hydrogen) atoms. The first kappa shape index (κ1) is 13.4. The van der Waals surface area contributed by atoms with E-state index in [1.165, 1.54) is 0 Å². The number of anilines is 2. The minimum absolute atomic E-state index is 0.0531. The van der Waals surface area contributed by atoms with Crippen molar-refractivity contribution in [3.8, 4) is 0 Å². The third kappa shape index (κ3) is 2.42. The number of rotatable bonds is 3. The lowest BCUT2D eigenvalue weighted by Gasteiger charge is -2.33. The Hall–Kier alpha value is -2.57. The van der Waals surface area contributed by atoms with Crippen molar-refractivity contribution in [1.82, 2.24) is 0 Å². The van der Waals surface area contributed by atoms with Gasteiger partial charge < -0.3 is 20.7 Å². The number of carbonyl (C=O) groups excluding carboxylic acids is 3. The maximum Gasteiger partial charge on any atom is 0.338 e. The molecule has 0 bridgehead atoms. The number of nitrogens with two attached hydrogens (primary N) is 1. The Kier molecular flexibility index (Phi) is 3.25. The highest BCUT2D eigenvalue weighted by molar-refractivity contribution is 6.05. The second-order valence-electron chi connectivity index (χ2n) is 5.12. The molecule has 2 heterocycles. The molecule has 1 aromatic carbocycles. The van der Waals surface area contributed by atoms with Gasteiger partial charge in [-0.2, -0.15) is 0 Å². The van der Waals surface area contributed by atoms with Crippen molar-refractivity contribution >= 4 is 29.2 Å². The summed E-state index contributed by atoms with van der Waals surface area (Å²) in [5.74, 6) is -1.41. The van der Waals surface area contributed by atoms with Crippen LogP contribution in [0.15, 0.2) is 18.2 Å². The summed E-state index contributed by atoms with van der Waals surface area (Å²) in [7, 11) is 0. The Balaban J connectivity index is 1.85. The first-order valence-electron chi connectivity index (χ1n) is 6.73. The van der Waals surface area contributed by atoms with Gasteiger partial charge in [-0.3, -0.25) is 9.59 Å². The molecule has 110 valence electrons. The van der Waals surface area contributed by atoms with Crippen molar-refractivity contribution in [2.24, 2.45) is 5.73 Å². The molecule has 3 rings (SSSR count). The van der Waals surface area contributed by atoms with E-state index in [9.17, 15) is 14.4 Å². The summed E-state index contributed by atoms with van der Waals surface area (Å²) >= 11 is 0. The van der Waals surface area contributed by atoms with Gasteiger partial charge in [-0.1, -0.05) is 0 Å². The van der Waals surface area contributed by atoms with Crippen molar-refractivity contribution < 1.29 is 19.1 Å². The van der Waals surface area contributed by atoms with Gasteiger partial charge in [0.05, 0.1) is 16.9 Å². The molecular formula is C14H15N3O4. The third-order valence-corrected chi connectivity index (χ3v) is 3.70. The molecule has 1 atom stereocenters. The molecule has 0 unspecified atom stereocenters. The number of amides is 2. The van der Waals surface area contributed by atoms with Crippen LogP contribution in [0.5, 0.6) is 0 Å². The topological polar surface area (TPSA) is 102 Å². The number of hydrogen-bond donors (Lipinski definition) is 2. The lowest BCUT2D eigenvalue weighted by atomic mass is 10.1. The summed E-state index contributed by atoms with van der Waals surface area (Å²) in [6, 6.07) is 4.85. The number of carbonyl (C=O) groups is 3. The standard InChI is InChI=1S/C14H15N3O4/c15-12(18)7-21-14(20)8-3-4-10-9(6-8)16-13(19)11-2-1-5-17(10)11/h3-4,6,11H,1-2,5,7H2,(H2,15,18)(H,16,19)/t11-/m0/s1. The average Bonchev–Trinajstić information content (AvgIpc) is 2.94. The molecule has 1 fully saturated rings.